The normalized spacial score (nSPS) is 12.3. The summed E-state index contributed by atoms with van der Waals surface area (Å²) in [5.41, 5.74) is 0.978. The number of aliphatic hydroxyl groups excluding tert-OH is 1. The van der Waals surface area contributed by atoms with Gasteiger partial charge in [0.1, 0.15) is 6.61 Å². The van der Waals surface area contributed by atoms with E-state index in [9.17, 15) is 9.90 Å². The zero-order valence-corrected chi connectivity index (χ0v) is 11.6. The van der Waals surface area contributed by atoms with Crippen LogP contribution in [0.5, 0.6) is 0 Å². The lowest BCUT2D eigenvalue weighted by Gasteiger charge is -2.17. The highest BCUT2D eigenvalue weighted by atomic mass is 32.2. The number of thioether (sulfide) groups is 1. The Bertz CT molecular complexity index is 588. The molecule has 0 amide bonds. The number of hydrogen-bond donors (Lipinski definition) is 2. The largest absolute Gasteiger partial charge is 0.481 e. The molecule has 2 rings (SSSR count). The number of rotatable bonds is 6. The summed E-state index contributed by atoms with van der Waals surface area (Å²) in [6, 6.07) is 3.60. The number of aliphatic hydroxyl groups is 1. The predicted molar refractivity (Wildman–Crippen MR) is 72.4 cm³/mol. The lowest BCUT2D eigenvalue weighted by atomic mass is 10.1. The zero-order valence-electron chi connectivity index (χ0n) is 10.8. The van der Waals surface area contributed by atoms with Crippen LogP contribution in [0.25, 0.3) is 0 Å². The van der Waals surface area contributed by atoms with Crippen LogP contribution in [0.3, 0.4) is 0 Å². The number of carboxylic acid groups (broad SMARTS) is 1. The van der Waals surface area contributed by atoms with Crippen LogP contribution in [-0.2, 0) is 11.4 Å². The van der Waals surface area contributed by atoms with Gasteiger partial charge < -0.3 is 10.2 Å². The van der Waals surface area contributed by atoms with E-state index in [1.807, 2.05) is 19.1 Å². The van der Waals surface area contributed by atoms with Gasteiger partial charge >= 0.3 is 5.97 Å². The lowest BCUT2D eigenvalue weighted by molar-refractivity contribution is -0.133. The van der Waals surface area contributed by atoms with E-state index in [-0.39, 0.29) is 18.4 Å². The molecule has 1 unspecified atom stereocenters. The lowest BCUT2D eigenvalue weighted by Crippen LogP contribution is -2.13. The molecular formula is C12H14N4O3S. The zero-order chi connectivity index (χ0) is 14.5. The Morgan fingerprint density at radius 2 is 2.10 bits per heavy atom. The summed E-state index contributed by atoms with van der Waals surface area (Å²) >= 11 is 1.08. The average molecular weight is 294 g/mol. The quantitative estimate of drug-likeness (QED) is 0.765. The van der Waals surface area contributed by atoms with Crippen LogP contribution in [0.1, 0.15) is 24.4 Å². The maximum absolute atomic E-state index is 10.7. The molecule has 0 aliphatic carbocycles. The van der Waals surface area contributed by atoms with Crippen LogP contribution in [0.2, 0.25) is 0 Å². The van der Waals surface area contributed by atoms with E-state index in [0.717, 1.165) is 17.3 Å². The predicted octanol–water partition coefficient (Wildman–Crippen LogP) is 0.951. The van der Waals surface area contributed by atoms with E-state index in [4.69, 9.17) is 5.11 Å². The van der Waals surface area contributed by atoms with E-state index < -0.39 is 5.97 Å². The van der Waals surface area contributed by atoms with Gasteiger partial charge in [-0.2, -0.15) is 0 Å². The summed E-state index contributed by atoms with van der Waals surface area (Å²) in [6.45, 7) is 1.68. The summed E-state index contributed by atoms with van der Waals surface area (Å²) in [7, 11) is 0. The molecule has 2 heterocycles. The number of pyridine rings is 1. The van der Waals surface area contributed by atoms with Crippen molar-refractivity contribution in [3.63, 3.8) is 0 Å². The highest BCUT2D eigenvalue weighted by Gasteiger charge is 2.19. The van der Waals surface area contributed by atoms with E-state index in [1.54, 1.807) is 17.0 Å². The van der Waals surface area contributed by atoms with Gasteiger partial charge in [0.15, 0.2) is 11.0 Å². The molecule has 8 heteroatoms. The maximum Gasteiger partial charge on any atom is 0.313 e. The van der Waals surface area contributed by atoms with Crippen molar-refractivity contribution in [3.8, 4) is 0 Å². The number of carboxylic acids is 1. The fourth-order valence-electron chi connectivity index (χ4n) is 1.82. The van der Waals surface area contributed by atoms with Gasteiger partial charge in [0.05, 0.1) is 11.8 Å². The molecule has 2 N–H and O–H groups in total. The number of aliphatic carboxylic acids is 1. The fraction of sp³-hybridized carbons (Fsp3) is 0.333. The molecule has 0 fully saturated rings. The van der Waals surface area contributed by atoms with Gasteiger partial charge in [-0.05, 0) is 24.6 Å². The summed E-state index contributed by atoms with van der Waals surface area (Å²) in [6.07, 6.45) is 3.36. The standard InChI is InChI=1S/C12H14N4O3S/c1-8(9-2-4-13-5-3-9)16-10(6-17)14-15-12(16)20-7-11(18)19/h2-5,8,17H,6-7H2,1H3,(H,18,19). The second kappa shape index (κ2) is 6.49. The van der Waals surface area contributed by atoms with E-state index in [2.05, 4.69) is 15.2 Å². The maximum atomic E-state index is 10.7. The summed E-state index contributed by atoms with van der Waals surface area (Å²) in [5.74, 6) is -0.624. The van der Waals surface area contributed by atoms with E-state index in [1.165, 1.54) is 0 Å². The molecule has 0 bridgehead atoms. The second-order valence-corrected chi connectivity index (χ2v) is 5.01. The van der Waals surface area contributed by atoms with Crippen LogP contribution in [0.4, 0.5) is 0 Å². The minimum Gasteiger partial charge on any atom is -0.481 e. The molecule has 0 spiro atoms. The molecule has 20 heavy (non-hydrogen) atoms. The minimum atomic E-state index is -0.924. The van der Waals surface area contributed by atoms with E-state index >= 15 is 0 Å². The Balaban J connectivity index is 2.33. The van der Waals surface area contributed by atoms with Gasteiger partial charge in [-0.25, -0.2) is 0 Å². The molecule has 0 saturated carbocycles. The smallest absolute Gasteiger partial charge is 0.313 e. The molecule has 2 aromatic rings. The fourth-order valence-corrected chi connectivity index (χ4v) is 2.57. The van der Waals surface area contributed by atoms with Gasteiger partial charge in [0.25, 0.3) is 0 Å². The Morgan fingerprint density at radius 1 is 1.40 bits per heavy atom. The number of carbonyl (C=O) groups is 1. The van der Waals surface area contributed by atoms with E-state index in [0.29, 0.717) is 11.0 Å². The number of hydrogen-bond acceptors (Lipinski definition) is 6. The molecule has 106 valence electrons. The summed E-state index contributed by atoms with van der Waals surface area (Å²) < 4.78 is 1.74. The van der Waals surface area contributed by atoms with Crippen molar-refractivity contribution in [2.45, 2.75) is 24.7 Å². The first-order valence-corrected chi connectivity index (χ1v) is 6.91. The van der Waals surface area contributed by atoms with Crippen LogP contribution in [0.15, 0.2) is 29.7 Å². The minimum absolute atomic E-state index is 0.105. The van der Waals surface area contributed by atoms with Crippen LogP contribution in [0, 0.1) is 0 Å². The van der Waals surface area contributed by atoms with Gasteiger partial charge in [0.2, 0.25) is 0 Å². The van der Waals surface area contributed by atoms with Crippen molar-refractivity contribution in [2.75, 3.05) is 5.75 Å². The van der Waals surface area contributed by atoms with Gasteiger partial charge in [-0.3, -0.25) is 14.3 Å². The third kappa shape index (κ3) is 3.14. The molecule has 2 aromatic heterocycles. The molecule has 0 aromatic carbocycles. The third-order valence-corrected chi connectivity index (χ3v) is 3.70. The Kier molecular flexibility index (Phi) is 4.70. The first-order chi connectivity index (χ1) is 9.63. The Hall–Kier alpha value is -1.93. The summed E-state index contributed by atoms with van der Waals surface area (Å²) in [4.78, 5) is 14.6. The van der Waals surface area contributed by atoms with Gasteiger partial charge in [-0.15, -0.1) is 10.2 Å². The number of nitrogens with zero attached hydrogens (tertiary/aromatic N) is 4. The average Bonchev–Trinajstić information content (AvgIpc) is 2.88. The molecule has 1 atom stereocenters. The monoisotopic (exact) mass is 294 g/mol. The van der Waals surface area contributed by atoms with Gasteiger partial charge in [0, 0.05) is 12.4 Å². The number of aromatic nitrogens is 4. The molecule has 0 aliphatic rings. The third-order valence-electron chi connectivity index (χ3n) is 2.78. The Labute approximate surface area is 119 Å². The van der Waals surface area contributed by atoms with Gasteiger partial charge in [-0.1, -0.05) is 11.8 Å². The van der Waals surface area contributed by atoms with Crippen molar-refractivity contribution < 1.29 is 15.0 Å². The van der Waals surface area contributed by atoms with Crippen molar-refractivity contribution in [1.29, 1.82) is 0 Å². The molecular weight excluding hydrogens is 280 g/mol. The topological polar surface area (TPSA) is 101 Å². The van der Waals surface area contributed by atoms with Crippen LogP contribution >= 0.6 is 11.8 Å². The highest BCUT2D eigenvalue weighted by Crippen LogP contribution is 2.25. The molecule has 0 saturated heterocycles. The summed E-state index contributed by atoms with van der Waals surface area (Å²) in [5, 5.41) is 26.4. The molecule has 0 aliphatic heterocycles. The molecule has 0 radical (unpaired) electrons. The van der Waals surface area contributed by atoms with Crippen LogP contribution in [-0.4, -0.2) is 41.7 Å². The Morgan fingerprint density at radius 3 is 2.70 bits per heavy atom. The first kappa shape index (κ1) is 14.5. The second-order valence-electron chi connectivity index (χ2n) is 4.07. The van der Waals surface area contributed by atoms with Crippen molar-refractivity contribution in [2.24, 2.45) is 0 Å². The van der Waals surface area contributed by atoms with Crippen molar-refractivity contribution in [3.05, 3.63) is 35.9 Å². The SMILES string of the molecule is CC(c1ccncc1)n1c(CO)nnc1SCC(=O)O. The molecule has 7 nitrogen and oxygen atoms in total. The van der Waals surface area contributed by atoms with Crippen LogP contribution < -0.4 is 0 Å². The highest BCUT2D eigenvalue weighted by molar-refractivity contribution is 7.99. The van der Waals surface area contributed by atoms with Crippen molar-refractivity contribution in [1.82, 2.24) is 19.7 Å². The van der Waals surface area contributed by atoms with Crippen molar-refractivity contribution >= 4 is 17.7 Å². The first-order valence-electron chi connectivity index (χ1n) is 5.92.